The van der Waals surface area contributed by atoms with Crippen LogP contribution >= 0.6 is 11.8 Å². The Bertz CT molecular complexity index is 298. The third kappa shape index (κ3) is 2.71. The third-order valence-electron chi connectivity index (χ3n) is 2.49. The van der Waals surface area contributed by atoms with E-state index in [1.165, 1.54) is 16.7 Å². The average Bonchev–Trinajstić information content (AvgIpc) is 2.50. The van der Waals surface area contributed by atoms with Crippen molar-refractivity contribution < 1.29 is 14.7 Å². The van der Waals surface area contributed by atoms with Crippen molar-refractivity contribution in [1.82, 2.24) is 10.2 Å². The van der Waals surface area contributed by atoms with Crippen LogP contribution in [0.5, 0.6) is 0 Å². The molecule has 0 aromatic heterocycles. The van der Waals surface area contributed by atoms with E-state index in [9.17, 15) is 9.59 Å². The van der Waals surface area contributed by atoms with Crippen LogP contribution < -0.4 is 5.32 Å². The molecule has 0 saturated carbocycles. The van der Waals surface area contributed by atoms with Gasteiger partial charge >= 0.3 is 0 Å². The SMILES string of the molecule is [B]C(=O)N1CSC(C)(C)C1C(=O)NCCO. The molecular formula is C9H15BN2O3S. The van der Waals surface area contributed by atoms with Crippen molar-refractivity contribution in [3.63, 3.8) is 0 Å². The van der Waals surface area contributed by atoms with Crippen molar-refractivity contribution in [2.75, 3.05) is 19.0 Å². The minimum absolute atomic E-state index is 0.122. The van der Waals surface area contributed by atoms with E-state index >= 15 is 0 Å². The molecule has 16 heavy (non-hydrogen) atoms. The predicted octanol–water partition coefficient (Wildman–Crippen LogP) is -0.463. The van der Waals surface area contributed by atoms with Crippen molar-refractivity contribution in [2.24, 2.45) is 0 Å². The van der Waals surface area contributed by atoms with Gasteiger partial charge in [0.1, 0.15) is 6.04 Å². The first-order valence-electron chi connectivity index (χ1n) is 4.98. The first-order chi connectivity index (χ1) is 7.40. The first-order valence-corrected chi connectivity index (χ1v) is 5.97. The summed E-state index contributed by atoms with van der Waals surface area (Å²) in [6.45, 7) is 3.85. The minimum Gasteiger partial charge on any atom is -0.395 e. The smallest absolute Gasteiger partial charge is 0.244 e. The van der Waals surface area contributed by atoms with Crippen molar-refractivity contribution in [2.45, 2.75) is 24.6 Å². The van der Waals surface area contributed by atoms with Crippen LogP contribution in [0, 0.1) is 0 Å². The lowest BCUT2D eigenvalue weighted by atomic mass is 9.98. The van der Waals surface area contributed by atoms with Gasteiger partial charge in [0.05, 0.1) is 12.5 Å². The lowest BCUT2D eigenvalue weighted by molar-refractivity contribution is -0.125. The Hall–Kier alpha value is -0.685. The Morgan fingerprint density at radius 1 is 1.62 bits per heavy atom. The van der Waals surface area contributed by atoms with Crippen LogP contribution in [0.2, 0.25) is 0 Å². The van der Waals surface area contributed by atoms with Gasteiger partial charge in [0.15, 0.2) is 5.81 Å². The Morgan fingerprint density at radius 3 is 2.75 bits per heavy atom. The number of thioether (sulfide) groups is 1. The van der Waals surface area contributed by atoms with Gasteiger partial charge in [0.25, 0.3) is 0 Å². The molecule has 0 bridgehead atoms. The van der Waals surface area contributed by atoms with Gasteiger partial charge in [-0.05, 0) is 13.8 Å². The molecule has 1 aliphatic heterocycles. The highest BCUT2D eigenvalue weighted by Gasteiger charge is 2.46. The van der Waals surface area contributed by atoms with E-state index in [4.69, 9.17) is 13.0 Å². The number of rotatable bonds is 3. The zero-order valence-electron chi connectivity index (χ0n) is 9.40. The number of carbonyl (C=O) groups is 2. The number of amides is 2. The summed E-state index contributed by atoms with van der Waals surface area (Å²) in [5.41, 5.74) is 0. The molecule has 88 valence electrons. The number of hydrogen-bond acceptors (Lipinski definition) is 4. The highest BCUT2D eigenvalue weighted by molar-refractivity contribution is 8.00. The van der Waals surface area contributed by atoms with E-state index in [-0.39, 0.29) is 23.8 Å². The molecule has 0 aromatic rings. The van der Waals surface area contributed by atoms with Crippen LogP contribution in [0.1, 0.15) is 13.8 Å². The van der Waals surface area contributed by atoms with E-state index in [1.54, 1.807) is 0 Å². The summed E-state index contributed by atoms with van der Waals surface area (Å²) in [5.74, 6) is -0.454. The van der Waals surface area contributed by atoms with Crippen LogP contribution in [0.25, 0.3) is 0 Å². The highest BCUT2D eigenvalue weighted by Crippen LogP contribution is 2.39. The van der Waals surface area contributed by atoms with E-state index in [0.29, 0.717) is 5.88 Å². The molecule has 7 heteroatoms. The highest BCUT2D eigenvalue weighted by atomic mass is 32.2. The fourth-order valence-corrected chi connectivity index (χ4v) is 2.83. The minimum atomic E-state index is -0.595. The van der Waals surface area contributed by atoms with Crippen LogP contribution in [0.15, 0.2) is 0 Å². The number of aliphatic hydroxyl groups is 1. The summed E-state index contributed by atoms with van der Waals surface area (Å²) in [6.07, 6.45) is 0. The van der Waals surface area contributed by atoms with Gasteiger partial charge in [-0.2, -0.15) is 0 Å². The first kappa shape index (κ1) is 13.4. The zero-order valence-corrected chi connectivity index (χ0v) is 10.2. The van der Waals surface area contributed by atoms with E-state index < -0.39 is 11.8 Å². The van der Waals surface area contributed by atoms with Gasteiger partial charge in [-0.15, -0.1) is 11.8 Å². The molecule has 0 aliphatic carbocycles. The second-order valence-corrected chi connectivity index (χ2v) is 5.70. The normalized spacial score (nSPS) is 23.2. The van der Waals surface area contributed by atoms with E-state index in [2.05, 4.69) is 5.32 Å². The summed E-state index contributed by atoms with van der Waals surface area (Å²) in [5, 5.41) is 11.2. The summed E-state index contributed by atoms with van der Waals surface area (Å²) in [4.78, 5) is 24.4. The van der Waals surface area contributed by atoms with E-state index in [1.807, 2.05) is 13.8 Å². The average molecular weight is 242 g/mol. The van der Waals surface area contributed by atoms with Crippen LogP contribution in [0.3, 0.4) is 0 Å². The topological polar surface area (TPSA) is 69.6 Å². The Morgan fingerprint density at radius 2 is 2.25 bits per heavy atom. The standard InChI is InChI=1S/C9H15BN2O3S/c1-9(2)6(7(14)11-3-4-13)12(5-16-9)8(10)15/h6,13H,3-5H2,1-2H3,(H,11,14). The van der Waals surface area contributed by atoms with Crippen LogP contribution in [0.4, 0.5) is 4.79 Å². The van der Waals surface area contributed by atoms with Crippen LogP contribution in [-0.4, -0.2) is 59.4 Å². The van der Waals surface area contributed by atoms with Gasteiger partial charge in [0, 0.05) is 11.3 Å². The maximum Gasteiger partial charge on any atom is 0.244 e. The molecule has 0 spiro atoms. The maximum atomic E-state index is 11.8. The third-order valence-corrected chi connectivity index (χ3v) is 3.86. The van der Waals surface area contributed by atoms with Gasteiger partial charge < -0.3 is 15.3 Å². The van der Waals surface area contributed by atoms with Crippen molar-refractivity contribution in [3.8, 4) is 0 Å². The fourth-order valence-electron chi connectivity index (χ4n) is 1.69. The zero-order chi connectivity index (χ0) is 12.3. The van der Waals surface area contributed by atoms with Crippen molar-refractivity contribution in [1.29, 1.82) is 0 Å². The van der Waals surface area contributed by atoms with Crippen molar-refractivity contribution >= 4 is 31.3 Å². The Labute approximate surface area is 100 Å². The second kappa shape index (κ2) is 5.10. The molecule has 1 aliphatic rings. The summed E-state index contributed by atoms with van der Waals surface area (Å²) in [6, 6.07) is -0.582. The molecular weight excluding hydrogens is 227 g/mol. The number of hydrogen-bond donors (Lipinski definition) is 2. The largest absolute Gasteiger partial charge is 0.395 e. The summed E-state index contributed by atoms with van der Waals surface area (Å²) < 4.78 is -0.366. The van der Waals surface area contributed by atoms with Crippen LogP contribution in [-0.2, 0) is 4.79 Å². The molecule has 1 saturated heterocycles. The van der Waals surface area contributed by atoms with Gasteiger partial charge in [-0.3, -0.25) is 9.59 Å². The predicted molar refractivity (Wildman–Crippen MR) is 63.4 cm³/mol. The van der Waals surface area contributed by atoms with E-state index in [0.717, 1.165) is 0 Å². The van der Waals surface area contributed by atoms with Gasteiger partial charge in [-0.1, -0.05) is 0 Å². The second-order valence-electron chi connectivity index (χ2n) is 4.10. The van der Waals surface area contributed by atoms with Gasteiger partial charge in [-0.25, -0.2) is 0 Å². The molecule has 0 aromatic carbocycles. The summed E-state index contributed by atoms with van der Waals surface area (Å²) >= 11 is 1.51. The number of aliphatic hydroxyl groups excluding tert-OH is 1. The Kier molecular flexibility index (Phi) is 4.26. The molecule has 5 nitrogen and oxygen atoms in total. The lowest BCUT2D eigenvalue weighted by Crippen LogP contribution is -2.53. The van der Waals surface area contributed by atoms with Gasteiger partial charge in [0.2, 0.25) is 13.8 Å². The number of nitrogens with zero attached hydrogens (tertiary/aromatic N) is 1. The molecule has 2 amide bonds. The number of nitrogens with one attached hydrogen (secondary N) is 1. The molecule has 1 unspecified atom stereocenters. The maximum absolute atomic E-state index is 11.8. The molecule has 1 rings (SSSR count). The monoisotopic (exact) mass is 242 g/mol. The fraction of sp³-hybridized carbons (Fsp3) is 0.778. The molecule has 1 heterocycles. The quantitative estimate of drug-likeness (QED) is 0.657. The number of carbonyl (C=O) groups excluding carboxylic acids is 2. The molecule has 2 radical (unpaired) electrons. The molecule has 1 fully saturated rings. The molecule has 2 N–H and O–H groups in total. The van der Waals surface area contributed by atoms with Crippen molar-refractivity contribution in [3.05, 3.63) is 0 Å². The Balaban J connectivity index is 2.78. The lowest BCUT2D eigenvalue weighted by Gasteiger charge is -2.29. The molecule has 1 atom stereocenters. The summed E-state index contributed by atoms with van der Waals surface area (Å²) in [7, 11) is 5.22.